The lowest BCUT2D eigenvalue weighted by atomic mass is 10.1. The van der Waals surface area contributed by atoms with E-state index in [2.05, 4.69) is 27.7 Å². The van der Waals surface area contributed by atoms with Gasteiger partial charge >= 0.3 is 0 Å². The largest absolute Gasteiger partial charge is 0.326 e. The number of rotatable bonds is 5. The Balaban J connectivity index is 1.79. The minimum Gasteiger partial charge on any atom is -0.326 e. The van der Waals surface area contributed by atoms with Crippen molar-refractivity contribution in [2.45, 2.75) is 17.5 Å². The Morgan fingerprint density at radius 1 is 0.952 bits per heavy atom. The second-order valence-electron chi connectivity index (χ2n) is 4.47. The molecule has 2 aromatic carbocycles. The van der Waals surface area contributed by atoms with Gasteiger partial charge in [-0.2, -0.15) is 4.68 Å². The third-order valence-corrected chi connectivity index (χ3v) is 4.10. The summed E-state index contributed by atoms with van der Waals surface area (Å²) in [6.45, 7) is 0.542. The Morgan fingerprint density at radius 2 is 1.67 bits per heavy atom. The third kappa shape index (κ3) is 3.12. The standard InChI is InChI=1S/C15H15N5S/c16-10-12-6-4-5-7-13(12)11-21-15-17-18-19-20(15)14-8-2-1-3-9-14/h1-9H,10-11,16H2. The molecule has 2 N–H and O–H groups in total. The van der Waals surface area contributed by atoms with Gasteiger partial charge in [0.1, 0.15) is 0 Å². The zero-order valence-corrected chi connectivity index (χ0v) is 12.2. The molecule has 21 heavy (non-hydrogen) atoms. The average molecular weight is 297 g/mol. The van der Waals surface area contributed by atoms with Crippen molar-refractivity contribution in [2.75, 3.05) is 0 Å². The fourth-order valence-corrected chi connectivity index (χ4v) is 2.96. The highest BCUT2D eigenvalue weighted by Gasteiger charge is 2.09. The normalized spacial score (nSPS) is 10.7. The molecule has 0 aliphatic carbocycles. The van der Waals surface area contributed by atoms with Crippen LogP contribution in [-0.2, 0) is 12.3 Å². The molecule has 0 aliphatic rings. The topological polar surface area (TPSA) is 69.6 Å². The number of hydrogen-bond donors (Lipinski definition) is 1. The van der Waals surface area contributed by atoms with E-state index in [4.69, 9.17) is 5.73 Å². The molecule has 0 fully saturated rings. The molecule has 0 bridgehead atoms. The van der Waals surface area contributed by atoms with Crippen LogP contribution in [0.2, 0.25) is 0 Å². The second-order valence-corrected chi connectivity index (χ2v) is 5.41. The lowest BCUT2D eigenvalue weighted by molar-refractivity contribution is 0.756. The molecule has 0 amide bonds. The molecule has 106 valence electrons. The molecular weight excluding hydrogens is 282 g/mol. The van der Waals surface area contributed by atoms with Gasteiger partial charge in [-0.05, 0) is 33.7 Å². The maximum Gasteiger partial charge on any atom is 0.214 e. The summed E-state index contributed by atoms with van der Waals surface area (Å²) in [7, 11) is 0. The second kappa shape index (κ2) is 6.51. The first kappa shape index (κ1) is 13.8. The van der Waals surface area contributed by atoms with Crippen LogP contribution in [0.5, 0.6) is 0 Å². The number of tetrazole rings is 1. The Bertz CT molecular complexity index is 711. The summed E-state index contributed by atoms with van der Waals surface area (Å²) in [5.74, 6) is 0.792. The summed E-state index contributed by atoms with van der Waals surface area (Å²) in [5.41, 5.74) is 9.09. The predicted octanol–water partition coefficient (Wildman–Crippen LogP) is 2.41. The molecule has 3 aromatic rings. The maximum absolute atomic E-state index is 5.77. The van der Waals surface area contributed by atoms with E-state index in [0.717, 1.165) is 22.2 Å². The van der Waals surface area contributed by atoms with Gasteiger partial charge < -0.3 is 5.73 Å². The van der Waals surface area contributed by atoms with E-state index in [9.17, 15) is 0 Å². The van der Waals surface area contributed by atoms with Crippen molar-refractivity contribution < 1.29 is 0 Å². The molecule has 3 rings (SSSR count). The van der Waals surface area contributed by atoms with Crippen molar-refractivity contribution in [1.82, 2.24) is 20.2 Å². The van der Waals surface area contributed by atoms with Gasteiger partial charge in [0.2, 0.25) is 5.16 Å². The van der Waals surface area contributed by atoms with E-state index in [1.807, 2.05) is 42.5 Å². The molecule has 1 aromatic heterocycles. The molecule has 1 heterocycles. The monoisotopic (exact) mass is 297 g/mol. The number of aromatic nitrogens is 4. The number of para-hydroxylation sites is 1. The summed E-state index contributed by atoms with van der Waals surface area (Å²) >= 11 is 1.60. The van der Waals surface area contributed by atoms with Gasteiger partial charge in [-0.25, -0.2) is 0 Å². The van der Waals surface area contributed by atoms with Crippen molar-refractivity contribution in [3.63, 3.8) is 0 Å². The first-order valence-electron chi connectivity index (χ1n) is 6.62. The zero-order chi connectivity index (χ0) is 14.5. The molecular formula is C15H15N5S. The SMILES string of the molecule is NCc1ccccc1CSc1nnnn1-c1ccccc1. The van der Waals surface area contributed by atoms with Crippen LogP contribution in [-0.4, -0.2) is 20.2 Å². The summed E-state index contributed by atoms with van der Waals surface area (Å²) in [6.07, 6.45) is 0. The van der Waals surface area contributed by atoms with Crippen molar-refractivity contribution in [3.05, 3.63) is 65.7 Å². The molecule has 0 atom stereocenters. The lowest BCUT2D eigenvalue weighted by Gasteiger charge is -2.07. The Hall–Kier alpha value is -2.18. The molecule has 0 aliphatic heterocycles. The Morgan fingerprint density at radius 3 is 2.43 bits per heavy atom. The van der Waals surface area contributed by atoms with E-state index in [0.29, 0.717) is 6.54 Å². The smallest absolute Gasteiger partial charge is 0.214 e. The van der Waals surface area contributed by atoms with E-state index in [1.165, 1.54) is 5.56 Å². The number of benzene rings is 2. The van der Waals surface area contributed by atoms with E-state index < -0.39 is 0 Å². The van der Waals surface area contributed by atoms with Gasteiger partial charge in [-0.1, -0.05) is 54.2 Å². The predicted molar refractivity (Wildman–Crippen MR) is 83.0 cm³/mol. The van der Waals surface area contributed by atoms with Crippen LogP contribution in [0.25, 0.3) is 5.69 Å². The van der Waals surface area contributed by atoms with Crippen LogP contribution >= 0.6 is 11.8 Å². The van der Waals surface area contributed by atoms with Crippen molar-refractivity contribution >= 4 is 11.8 Å². The average Bonchev–Trinajstić information content (AvgIpc) is 3.02. The third-order valence-electron chi connectivity index (χ3n) is 3.14. The van der Waals surface area contributed by atoms with Crippen LogP contribution in [0.4, 0.5) is 0 Å². The van der Waals surface area contributed by atoms with Crippen molar-refractivity contribution in [1.29, 1.82) is 0 Å². The number of hydrogen-bond acceptors (Lipinski definition) is 5. The summed E-state index contributed by atoms with van der Waals surface area (Å²) in [4.78, 5) is 0. The first-order chi connectivity index (χ1) is 10.4. The molecule has 0 saturated heterocycles. The van der Waals surface area contributed by atoms with Crippen LogP contribution < -0.4 is 5.73 Å². The Labute approximate surface area is 127 Å². The number of nitrogens with zero attached hydrogens (tertiary/aromatic N) is 4. The quantitative estimate of drug-likeness (QED) is 0.732. The highest BCUT2D eigenvalue weighted by Crippen LogP contribution is 2.23. The summed E-state index contributed by atoms with van der Waals surface area (Å²) in [6, 6.07) is 18.0. The van der Waals surface area contributed by atoms with E-state index in [-0.39, 0.29) is 0 Å². The van der Waals surface area contributed by atoms with Crippen molar-refractivity contribution in [3.8, 4) is 5.69 Å². The van der Waals surface area contributed by atoms with Gasteiger partial charge in [-0.3, -0.25) is 0 Å². The fraction of sp³-hybridized carbons (Fsp3) is 0.133. The molecule has 6 heteroatoms. The van der Waals surface area contributed by atoms with Crippen LogP contribution in [0.1, 0.15) is 11.1 Å². The highest BCUT2D eigenvalue weighted by molar-refractivity contribution is 7.98. The van der Waals surface area contributed by atoms with E-state index in [1.54, 1.807) is 16.4 Å². The molecule has 0 radical (unpaired) electrons. The Kier molecular flexibility index (Phi) is 4.28. The van der Waals surface area contributed by atoms with Gasteiger partial charge in [0, 0.05) is 12.3 Å². The maximum atomic E-state index is 5.77. The fourth-order valence-electron chi connectivity index (χ4n) is 2.04. The molecule has 5 nitrogen and oxygen atoms in total. The summed E-state index contributed by atoms with van der Waals surface area (Å²) in [5, 5.41) is 12.7. The molecule has 0 spiro atoms. The van der Waals surface area contributed by atoms with Gasteiger partial charge in [0.25, 0.3) is 0 Å². The van der Waals surface area contributed by atoms with Gasteiger partial charge in [-0.15, -0.1) is 5.10 Å². The first-order valence-corrected chi connectivity index (χ1v) is 7.60. The molecule has 0 unspecified atom stereocenters. The van der Waals surface area contributed by atoms with Crippen LogP contribution in [0.3, 0.4) is 0 Å². The van der Waals surface area contributed by atoms with Gasteiger partial charge in [0.15, 0.2) is 0 Å². The van der Waals surface area contributed by atoms with Crippen molar-refractivity contribution in [2.24, 2.45) is 5.73 Å². The summed E-state index contributed by atoms with van der Waals surface area (Å²) < 4.78 is 1.75. The van der Waals surface area contributed by atoms with Crippen LogP contribution in [0.15, 0.2) is 59.8 Å². The van der Waals surface area contributed by atoms with Crippen LogP contribution in [0, 0.1) is 0 Å². The van der Waals surface area contributed by atoms with Gasteiger partial charge in [0.05, 0.1) is 5.69 Å². The zero-order valence-electron chi connectivity index (χ0n) is 11.4. The van der Waals surface area contributed by atoms with E-state index >= 15 is 0 Å². The lowest BCUT2D eigenvalue weighted by Crippen LogP contribution is -2.01. The molecule has 0 saturated carbocycles. The minimum atomic E-state index is 0.542. The minimum absolute atomic E-state index is 0.542. The highest BCUT2D eigenvalue weighted by atomic mass is 32.2. The number of thioether (sulfide) groups is 1. The number of nitrogens with two attached hydrogens (primary N) is 1.